The predicted octanol–water partition coefficient (Wildman–Crippen LogP) is 2.53. The molecule has 0 spiro atoms. The number of anilines is 2. The fraction of sp³-hybridized carbons (Fsp3) is 0.562. The van der Waals surface area contributed by atoms with Crippen LogP contribution in [-0.2, 0) is 21.2 Å². The van der Waals surface area contributed by atoms with Gasteiger partial charge in [0.15, 0.2) is 0 Å². The Balaban J connectivity index is 1.82. The Kier molecular flexibility index (Phi) is 4.12. The van der Waals surface area contributed by atoms with E-state index in [1.807, 2.05) is 24.0 Å². The van der Waals surface area contributed by atoms with Gasteiger partial charge in [0, 0.05) is 23.8 Å². The van der Waals surface area contributed by atoms with Crippen molar-refractivity contribution in [2.45, 2.75) is 39.0 Å². The summed E-state index contributed by atoms with van der Waals surface area (Å²) < 4.78 is 26.3. The second-order valence-electron chi connectivity index (χ2n) is 6.13. The number of nitrogens with one attached hydrogen (secondary N) is 1. The number of amides is 1. The first-order valence-electron chi connectivity index (χ1n) is 7.95. The molecule has 1 heterocycles. The number of hydrogen-bond acceptors (Lipinski definition) is 3. The Hall–Kier alpha value is -1.56. The van der Waals surface area contributed by atoms with Gasteiger partial charge in [-0.2, -0.15) is 0 Å². The molecule has 120 valence electrons. The Bertz CT molecular complexity index is 681. The van der Waals surface area contributed by atoms with Crippen molar-refractivity contribution in [3.63, 3.8) is 0 Å². The number of hydrogen-bond donors (Lipinski definition) is 1. The van der Waals surface area contributed by atoms with E-state index in [0.29, 0.717) is 12.1 Å². The summed E-state index contributed by atoms with van der Waals surface area (Å²) in [7, 11) is -3.28. The standard InChI is InChI=1S/C16H22N2O3S/c1-2-10-22(20,21)17-14-7-8-15-13(11-14)4-3-9-18(15)16(19)12-5-6-12/h7-8,11-12,17H,2-6,9-10H2,1H3. The molecule has 1 amide bonds. The molecule has 1 aromatic carbocycles. The minimum Gasteiger partial charge on any atom is -0.312 e. The normalized spacial score (nSPS) is 18.0. The van der Waals surface area contributed by atoms with Crippen LogP contribution in [0.25, 0.3) is 0 Å². The third kappa shape index (κ3) is 3.27. The lowest BCUT2D eigenvalue weighted by Crippen LogP contribution is -2.36. The van der Waals surface area contributed by atoms with Gasteiger partial charge in [0.1, 0.15) is 0 Å². The van der Waals surface area contributed by atoms with E-state index in [2.05, 4.69) is 4.72 Å². The molecule has 5 nitrogen and oxygen atoms in total. The molecular weight excluding hydrogens is 300 g/mol. The highest BCUT2D eigenvalue weighted by atomic mass is 32.2. The zero-order valence-electron chi connectivity index (χ0n) is 12.8. The van der Waals surface area contributed by atoms with E-state index < -0.39 is 10.0 Å². The number of nitrogens with zero attached hydrogens (tertiary/aromatic N) is 1. The van der Waals surface area contributed by atoms with Crippen molar-refractivity contribution in [3.8, 4) is 0 Å². The van der Waals surface area contributed by atoms with Crippen LogP contribution in [0.4, 0.5) is 11.4 Å². The van der Waals surface area contributed by atoms with E-state index in [0.717, 1.165) is 43.5 Å². The van der Waals surface area contributed by atoms with Crippen molar-refractivity contribution in [2.75, 3.05) is 21.9 Å². The first kappa shape index (κ1) is 15.3. The van der Waals surface area contributed by atoms with Crippen LogP contribution < -0.4 is 9.62 Å². The summed E-state index contributed by atoms with van der Waals surface area (Å²) in [6.45, 7) is 2.61. The second kappa shape index (κ2) is 5.91. The zero-order chi connectivity index (χ0) is 15.7. The van der Waals surface area contributed by atoms with Gasteiger partial charge in [0.25, 0.3) is 0 Å². The molecule has 1 aliphatic carbocycles. The van der Waals surface area contributed by atoms with Crippen LogP contribution in [0.3, 0.4) is 0 Å². The molecule has 0 unspecified atom stereocenters. The van der Waals surface area contributed by atoms with Crippen molar-refractivity contribution < 1.29 is 13.2 Å². The average molecular weight is 322 g/mol. The largest absolute Gasteiger partial charge is 0.312 e. The SMILES string of the molecule is CCCS(=O)(=O)Nc1ccc2c(c1)CCCN2C(=O)C1CC1. The van der Waals surface area contributed by atoms with E-state index in [-0.39, 0.29) is 17.6 Å². The Labute approximate surface area is 131 Å². The molecule has 6 heteroatoms. The van der Waals surface area contributed by atoms with Gasteiger partial charge < -0.3 is 4.90 Å². The number of benzene rings is 1. The number of carbonyl (C=O) groups excluding carboxylic acids is 1. The van der Waals surface area contributed by atoms with Crippen LogP contribution in [0.2, 0.25) is 0 Å². The number of rotatable bonds is 5. The lowest BCUT2D eigenvalue weighted by Gasteiger charge is -2.30. The van der Waals surface area contributed by atoms with E-state index >= 15 is 0 Å². The lowest BCUT2D eigenvalue weighted by molar-refractivity contribution is -0.119. The number of aryl methyl sites for hydroxylation is 1. The maximum atomic E-state index is 12.3. The molecule has 1 aliphatic heterocycles. The molecule has 3 rings (SSSR count). The smallest absolute Gasteiger partial charge is 0.232 e. The molecule has 0 bridgehead atoms. The minimum absolute atomic E-state index is 0.121. The highest BCUT2D eigenvalue weighted by Gasteiger charge is 2.35. The number of carbonyl (C=O) groups is 1. The molecule has 1 aromatic rings. The van der Waals surface area contributed by atoms with E-state index in [1.165, 1.54) is 0 Å². The van der Waals surface area contributed by atoms with Crippen molar-refractivity contribution in [1.82, 2.24) is 0 Å². The van der Waals surface area contributed by atoms with Crippen molar-refractivity contribution in [1.29, 1.82) is 0 Å². The number of sulfonamides is 1. The summed E-state index contributed by atoms with van der Waals surface area (Å²) in [5.41, 5.74) is 2.59. The first-order chi connectivity index (χ1) is 10.5. The Morgan fingerprint density at radius 2 is 2.14 bits per heavy atom. The monoisotopic (exact) mass is 322 g/mol. The molecule has 1 fully saturated rings. The summed E-state index contributed by atoms with van der Waals surface area (Å²) in [5.74, 6) is 0.546. The Morgan fingerprint density at radius 3 is 2.82 bits per heavy atom. The lowest BCUT2D eigenvalue weighted by atomic mass is 10.0. The van der Waals surface area contributed by atoms with E-state index in [9.17, 15) is 13.2 Å². The maximum Gasteiger partial charge on any atom is 0.232 e. The summed E-state index contributed by atoms with van der Waals surface area (Å²) >= 11 is 0. The van der Waals surface area contributed by atoms with E-state index in [1.54, 1.807) is 6.07 Å². The predicted molar refractivity (Wildman–Crippen MR) is 87.5 cm³/mol. The molecule has 2 aliphatic rings. The molecule has 0 saturated heterocycles. The van der Waals surface area contributed by atoms with Crippen LogP contribution >= 0.6 is 0 Å². The molecule has 0 aromatic heterocycles. The molecule has 22 heavy (non-hydrogen) atoms. The quantitative estimate of drug-likeness (QED) is 0.906. The van der Waals surface area contributed by atoms with Crippen molar-refractivity contribution in [3.05, 3.63) is 23.8 Å². The number of fused-ring (bicyclic) bond motifs is 1. The van der Waals surface area contributed by atoms with Gasteiger partial charge in [-0.15, -0.1) is 0 Å². The third-order valence-electron chi connectivity index (χ3n) is 4.14. The minimum atomic E-state index is -3.28. The van der Waals surface area contributed by atoms with Crippen molar-refractivity contribution in [2.24, 2.45) is 5.92 Å². The van der Waals surface area contributed by atoms with Crippen LogP contribution in [0.1, 0.15) is 38.2 Å². The molecule has 1 N–H and O–H groups in total. The zero-order valence-corrected chi connectivity index (χ0v) is 13.7. The third-order valence-corrected chi connectivity index (χ3v) is 5.63. The van der Waals surface area contributed by atoms with Gasteiger partial charge in [-0.1, -0.05) is 6.92 Å². The Morgan fingerprint density at radius 1 is 1.36 bits per heavy atom. The van der Waals surface area contributed by atoms with Crippen LogP contribution in [0.15, 0.2) is 18.2 Å². The highest BCUT2D eigenvalue weighted by molar-refractivity contribution is 7.92. The molecular formula is C16H22N2O3S. The second-order valence-corrected chi connectivity index (χ2v) is 7.97. The van der Waals surface area contributed by atoms with E-state index in [4.69, 9.17) is 0 Å². The maximum absolute atomic E-state index is 12.3. The van der Waals surface area contributed by atoms with Gasteiger partial charge >= 0.3 is 0 Å². The summed E-state index contributed by atoms with van der Waals surface area (Å²) in [5, 5.41) is 0. The van der Waals surface area contributed by atoms with Gasteiger partial charge in [-0.05, 0) is 55.9 Å². The van der Waals surface area contributed by atoms with Crippen molar-refractivity contribution >= 4 is 27.3 Å². The summed E-state index contributed by atoms with van der Waals surface area (Å²) in [6, 6.07) is 5.50. The molecule has 0 atom stereocenters. The average Bonchev–Trinajstić information content (AvgIpc) is 3.29. The van der Waals surface area contributed by atoms with Gasteiger partial charge in [0.05, 0.1) is 5.75 Å². The van der Waals surface area contributed by atoms with Crippen LogP contribution in [0, 0.1) is 5.92 Å². The van der Waals surface area contributed by atoms with Crippen LogP contribution in [0.5, 0.6) is 0 Å². The van der Waals surface area contributed by atoms with Gasteiger partial charge in [-0.25, -0.2) is 8.42 Å². The highest BCUT2D eigenvalue weighted by Crippen LogP contribution is 2.36. The fourth-order valence-electron chi connectivity index (χ4n) is 2.94. The van der Waals surface area contributed by atoms with Gasteiger partial charge in [-0.3, -0.25) is 9.52 Å². The first-order valence-corrected chi connectivity index (χ1v) is 9.60. The van der Waals surface area contributed by atoms with Crippen LogP contribution in [-0.4, -0.2) is 26.6 Å². The molecule has 1 saturated carbocycles. The summed E-state index contributed by atoms with van der Waals surface area (Å²) in [4.78, 5) is 14.2. The topological polar surface area (TPSA) is 66.5 Å². The van der Waals surface area contributed by atoms with Gasteiger partial charge in [0.2, 0.25) is 15.9 Å². The summed E-state index contributed by atoms with van der Waals surface area (Å²) in [6.07, 6.45) is 4.40. The fourth-order valence-corrected chi connectivity index (χ4v) is 4.07. The molecule has 0 radical (unpaired) electrons.